The molecule has 0 aliphatic heterocycles. The van der Waals surface area contributed by atoms with Crippen molar-refractivity contribution in [3.63, 3.8) is 0 Å². The quantitative estimate of drug-likeness (QED) is 0.370. The van der Waals surface area contributed by atoms with Gasteiger partial charge in [0, 0.05) is 18.3 Å². The Morgan fingerprint density at radius 2 is 1.76 bits per heavy atom. The lowest BCUT2D eigenvalue weighted by Gasteiger charge is -2.33. The maximum Gasteiger partial charge on any atom is 0.336 e. The first kappa shape index (κ1) is 28.6. The number of hydrogen-bond donors (Lipinski definition) is 2. The molecule has 1 saturated carbocycles. The normalized spacial score (nSPS) is 18.4. The minimum absolute atomic E-state index is 0.00614. The molecule has 0 radical (unpaired) electrons. The molecule has 1 fully saturated rings. The van der Waals surface area contributed by atoms with Crippen molar-refractivity contribution in [2.45, 2.75) is 78.2 Å². The molecule has 2 amide bonds. The molecular formula is C29H39FN2O5. The second-order valence-electron chi connectivity index (χ2n) is 10.1. The molecule has 2 N–H and O–H groups in total. The molecule has 0 bridgehead atoms. The van der Waals surface area contributed by atoms with Crippen molar-refractivity contribution >= 4 is 17.7 Å². The summed E-state index contributed by atoms with van der Waals surface area (Å²) in [6.07, 6.45) is 3.54. The third kappa shape index (κ3) is 8.27. The number of nitrogens with one attached hydrogen (secondary N) is 1. The van der Waals surface area contributed by atoms with Gasteiger partial charge >= 0.3 is 12.0 Å². The SMILES string of the molecule is Cc1cccc(CO[C@@H]2CCC[C@H](OCCN(C(=O)Nc3ccc(F)cc3)C(C)C(C)C)C2)c1C(=O)O. The maximum absolute atomic E-state index is 13.2. The van der Waals surface area contributed by atoms with Crippen LogP contribution in [-0.2, 0) is 16.1 Å². The van der Waals surface area contributed by atoms with Gasteiger partial charge in [0.15, 0.2) is 0 Å². The molecule has 3 atom stereocenters. The maximum atomic E-state index is 13.2. The Morgan fingerprint density at radius 1 is 1.08 bits per heavy atom. The summed E-state index contributed by atoms with van der Waals surface area (Å²) in [5.74, 6) is -1.04. The first-order valence-electron chi connectivity index (χ1n) is 13.0. The van der Waals surface area contributed by atoms with E-state index in [4.69, 9.17) is 9.47 Å². The van der Waals surface area contributed by atoms with Gasteiger partial charge in [-0.15, -0.1) is 0 Å². The third-order valence-electron chi connectivity index (χ3n) is 7.12. The Bertz CT molecular complexity index is 1040. The molecule has 3 rings (SSSR count). The number of aromatic carboxylic acids is 1. The summed E-state index contributed by atoms with van der Waals surface area (Å²) in [5.41, 5.74) is 2.26. The number of halogens is 1. The number of carboxylic acids is 1. The fourth-order valence-electron chi connectivity index (χ4n) is 4.66. The van der Waals surface area contributed by atoms with Crippen LogP contribution in [0.25, 0.3) is 0 Å². The number of ether oxygens (including phenoxy) is 2. The molecule has 0 spiro atoms. The van der Waals surface area contributed by atoms with Crippen molar-refractivity contribution in [3.8, 4) is 0 Å². The van der Waals surface area contributed by atoms with Gasteiger partial charge in [-0.3, -0.25) is 0 Å². The number of carbonyl (C=O) groups excluding carboxylic acids is 1. The van der Waals surface area contributed by atoms with Gasteiger partial charge in [0.05, 0.1) is 31.0 Å². The molecule has 202 valence electrons. The molecule has 37 heavy (non-hydrogen) atoms. The van der Waals surface area contributed by atoms with Gasteiger partial charge in [0.2, 0.25) is 0 Å². The van der Waals surface area contributed by atoms with Crippen LogP contribution in [0.4, 0.5) is 14.9 Å². The first-order valence-corrected chi connectivity index (χ1v) is 13.0. The van der Waals surface area contributed by atoms with Crippen LogP contribution in [0.15, 0.2) is 42.5 Å². The van der Waals surface area contributed by atoms with Crippen LogP contribution < -0.4 is 5.32 Å². The van der Waals surface area contributed by atoms with E-state index in [2.05, 4.69) is 19.2 Å². The van der Waals surface area contributed by atoms with Crippen LogP contribution in [0.5, 0.6) is 0 Å². The molecule has 0 saturated heterocycles. The average Bonchev–Trinajstić information content (AvgIpc) is 2.86. The number of rotatable bonds is 11. The highest BCUT2D eigenvalue weighted by Crippen LogP contribution is 2.26. The fraction of sp³-hybridized carbons (Fsp3) is 0.517. The van der Waals surface area contributed by atoms with Gasteiger partial charge in [-0.2, -0.15) is 0 Å². The standard InChI is InChI=1S/C29H39FN2O5/c1-19(2)21(4)32(29(35)31-24-13-11-23(30)12-14-24)15-16-36-25-9-6-10-26(17-25)37-18-22-8-5-7-20(3)27(22)28(33)34/h5,7-8,11-14,19,21,25-26H,6,9-10,15-18H2,1-4H3,(H,31,35)(H,33,34)/t21?,25-,26+/m0/s1. The number of urea groups is 1. The van der Waals surface area contributed by atoms with Crippen molar-refractivity contribution in [3.05, 3.63) is 65.0 Å². The van der Waals surface area contributed by atoms with E-state index in [-0.39, 0.29) is 42.6 Å². The molecule has 1 aliphatic rings. The van der Waals surface area contributed by atoms with E-state index in [9.17, 15) is 19.1 Å². The predicted octanol–water partition coefficient (Wildman–Crippen LogP) is 6.26. The fourth-order valence-corrected chi connectivity index (χ4v) is 4.66. The summed E-state index contributed by atoms with van der Waals surface area (Å²) in [6.45, 7) is 9.01. The minimum atomic E-state index is -0.940. The molecule has 2 aromatic carbocycles. The molecule has 0 aromatic heterocycles. The molecule has 1 aliphatic carbocycles. The number of hydrogen-bond acceptors (Lipinski definition) is 4. The van der Waals surface area contributed by atoms with Crippen LogP contribution in [0, 0.1) is 18.7 Å². The lowest BCUT2D eigenvalue weighted by atomic mass is 9.94. The molecule has 8 heteroatoms. The molecule has 2 aromatic rings. The smallest absolute Gasteiger partial charge is 0.336 e. The van der Waals surface area contributed by atoms with Crippen molar-refractivity contribution in [1.29, 1.82) is 0 Å². The van der Waals surface area contributed by atoms with Crippen LogP contribution in [0.3, 0.4) is 0 Å². The number of anilines is 1. The topological polar surface area (TPSA) is 88.1 Å². The highest BCUT2D eigenvalue weighted by atomic mass is 19.1. The largest absolute Gasteiger partial charge is 0.478 e. The summed E-state index contributed by atoms with van der Waals surface area (Å²) >= 11 is 0. The highest BCUT2D eigenvalue weighted by Gasteiger charge is 2.26. The monoisotopic (exact) mass is 514 g/mol. The van der Waals surface area contributed by atoms with E-state index < -0.39 is 5.97 Å². The van der Waals surface area contributed by atoms with Crippen LogP contribution in [-0.4, -0.2) is 53.4 Å². The second-order valence-corrected chi connectivity index (χ2v) is 10.1. The van der Waals surface area contributed by atoms with E-state index >= 15 is 0 Å². The number of benzene rings is 2. The van der Waals surface area contributed by atoms with E-state index in [0.29, 0.717) is 30.0 Å². The van der Waals surface area contributed by atoms with Gasteiger partial charge < -0.3 is 24.8 Å². The first-order chi connectivity index (χ1) is 17.7. The average molecular weight is 515 g/mol. The highest BCUT2D eigenvalue weighted by molar-refractivity contribution is 5.91. The molecular weight excluding hydrogens is 475 g/mol. The van der Waals surface area contributed by atoms with E-state index in [1.807, 2.05) is 13.0 Å². The molecule has 1 unspecified atom stereocenters. The lowest BCUT2D eigenvalue weighted by molar-refractivity contribution is -0.0534. The zero-order valence-electron chi connectivity index (χ0n) is 22.2. The van der Waals surface area contributed by atoms with Crippen LogP contribution in [0.2, 0.25) is 0 Å². The Labute approximate surface area is 219 Å². The number of carbonyl (C=O) groups is 2. The van der Waals surface area contributed by atoms with Crippen molar-refractivity contribution in [2.75, 3.05) is 18.5 Å². The molecule has 0 heterocycles. The van der Waals surface area contributed by atoms with Crippen molar-refractivity contribution in [1.82, 2.24) is 4.90 Å². The number of aryl methyl sites for hydroxylation is 1. The van der Waals surface area contributed by atoms with Crippen LogP contribution in [0.1, 0.15) is 67.9 Å². The van der Waals surface area contributed by atoms with Gasteiger partial charge in [-0.05, 0) is 80.8 Å². The van der Waals surface area contributed by atoms with E-state index in [1.165, 1.54) is 12.1 Å². The van der Waals surface area contributed by atoms with Gasteiger partial charge in [-0.25, -0.2) is 14.0 Å². The predicted molar refractivity (Wildman–Crippen MR) is 141 cm³/mol. The number of amides is 2. The minimum Gasteiger partial charge on any atom is -0.478 e. The summed E-state index contributed by atoms with van der Waals surface area (Å²) in [4.78, 5) is 26.4. The van der Waals surface area contributed by atoms with Gasteiger partial charge in [0.1, 0.15) is 5.82 Å². The zero-order chi connectivity index (χ0) is 26.9. The Kier molecular flexibility index (Phi) is 10.5. The Balaban J connectivity index is 1.52. The summed E-state index contributed by atoms with van der Waals surface area (Å²) < 4.78 is 25.5. The number of carboxylic acid groups (broad SMARTS) is 1. The summed E-state index contributed by atoms with van der Waals surface area (Å²) in [5, 5.41) is 12.4. The van der Waals surface area contributed by atoms with E-state index in [0.717, 1.165) is 31.2 Å². The van der Waals surface area contributed by atoms with Crippen LogP contribution >= 0.6 is 0 Å². The number of nitrogens with zero attached hydrogens (tertiary/aromatic N) is 1. The van der Waals surface area contributed by atoms with Crippen molar-refractivity contribution in [2.24, 2.45) is 5.92 Å². The van der Waals surface area contributed by atoms with Gasteiger partial charge in [-0.1, -0.05) is 32.0 Å². The lowest BCUT2D eigenvalue weighted by Crippen LogP contribution is -2.46. The Hall–Kier alpha value is -2.97. The molecule has 7 nitrogen and oxygen atoms in total. The Morgan fingerprint density at radius 3 is 2.41 bits per heavy atom. The second kappa shape index (κ2) is 13.5. The summed E-state index contributed by atoms with van der Waals surface area (Å²) in [7, 11) is 0. The van der Waals surface area contributed by atoms with E-state index in [1.54, 1.807) is 36.1 Å². The summed E-state index contributed by atoms with van der Waals surface area (Å²) in [6, 6.07) is 10.9. The third-order valence-corrected chi connectivity index (χ3v) is 7.12. The zero-order valence-corrected chi connectivity index (χ0v) is 22.2. The van der Waals surface area contributed by atoms with Gasteiger partial charge in [0.25, 0.3) is 0 Å². The van der Waals surface area contributed by atoms with Crippen molar-refractivity contribution < 1.29 is 28.6 Å².